The third-order valence-corrected chi connectivity index (χ3v) is 2.69. The van der Waals surface area contributed by atoms with Gasteiger partial charge in [0.15, 0.2) is 0 Å². The molecule has 0 bridgehead atoms. The highest BCUT2D eigenvalue weighted by molar-refractivity contribution is 5.00. The van der Waals surface area contributed by atoms with E-state index >= 15 is 0 Å². The molecule has 1 aromatic heterocycles. The van der Waals surface area contributed by atoms with Gasteiger partial charge in [-0.15, -0.1) is 0 Å². The number of nitrogens with one attached hydrogen (secondary N) is 1. The minimum atomic E-state index is 0.299. The molecule has 1 heterocycles. The number of unbranched alkanes of at least 4 members (excludes halogenated alkanes) is 1. The Bertz CT molecular complexity index is 272. The Balaban J connectivity index is 2.14. The maximum absolute atomic E-state index is 4.28. The normalized spacial score (nSPS) is 13.0. The lowest BCUT2D eigenvalue weighted by atomic mass is 10.1. The van der Waals surface area contributed by atoms with Crippen molar-refractivity contribution in [1.82, 2.24) is 15.3 Å². The molecule has 1 unspecified atom stereocenters. The van der Waals surface area contributed by atoms with Crippen LogP contribution < -0.4 is 5.32 Å². The number of hydrogen-bond acceptors (Lipinski definition) is 3. The van der Waals surface area contributed by atoms with Crippen LogP contribution in [-0.2, 0) is 0 Å². The van der Waals surface area contributed by atoms with E-state index in [1.165, 1.54) is 19.3 Å². The molecule has 0 amide bonds. The predicted octanol–water partition coefficient (Wildman–Crippen LogP) is 2.95. The van der Waals surface area contributed by atoms with Crippen LogP contribution in [0.3, 0.4) is 0 Å². The van der Waals surface area contributed by atoms with E-state index in [9.17, 15) is 0 Å². The number of nitrogens with zero attached hydrogens (tertiary/aromatic N) is 2. The van der Waals surface area contributed by atoms with E-state index in [1.54, 1.807) is 12.4 Å². The van der Waals surface area contributed by atoms with Gasteiger partial charge in [-0.2, -0.15) is 0 Å². The molecule has 1 rings (SSSR count). The smallest absolute Gasteiger partial charge is 0.0753 e. The average molecular weight is 221 g/mol. The standard InChI is InChI=1S/C13H23N3/c1-11(2)6-4-5-7-15-12(3)13-10-14-8-9-16-13/h8-12,15H,4-7H2,1-3H3. The van der Waals surface area contributed by atoms with E-state index in [0.717, 1.165) is 18.2 Å². The third kappa shape index (κ3) is 5.21. The van der Waals surface area contributed by atoms with Gasteiger partial charge >= 0.3 is 0 Å². The van der Waals surface area contributed by atoms with Crippen molar-refractivity contribution >= 4 is 0 Å². The molecule has 0 aromatic carbocycles. The lowest BCUT2D eigenvalue weighted by Gasteiger charge is -2.12. The summed E-state index contributed by atoms with van der Waals surface area (Å²) in [5.41, 5.74) is 1.02. The minimum absolute atomic E-state index is 0.299. The summed E-state index contributed by atoms with van der Waals surface area (Å²) in [7, 11) is 0. The zero-order valence-electron chi connectivity index (χ0n) is 10.6. The van der Waals surface area contributed by atoms with Crippen molar-refractivity contribution in [2.24, 2.45) is 5.92 Å². The van der Waals surface area contributed by atoms with Crippen LogP contribution in [0.15, 0.2) is 18.6 Å². The highest BCUT2D eigenvalue weighted by Gasteiger charge is 2.04. The van der Waals surface area contributed by atoms with E-state index in [4.69, 9.17) is 0 Å². The van der Waals surface area contributed by atoms with Crippen LogP contribution in [0.25, 0.3) is 0 Å². The molecule has 0 aliphatic carbocycles. The van der Waals surface area contributed by atoms with Gasteiger partial charge in [0.25, 0.3) is 0 Å². The summed E-state index contributed by atoms with van der Waals surface area (Å²) < 4.78 is 0. The summed E-state index contributed by atoms with van der Waals surface area (Å²) in [6.07, 6.45) is 9.14. The molecule has 0 aliphatic rings. The lowest BCUT2D eigenvalue weighted by molar-refractivity contribution is 0.493. The van der Waals surface area contributed by atoms with Crippen molar-refractivity contribution in [2.45, 2.75) is 46.1 Å². The first-order valence-corrected chi connectivity index (χ1v) is 6.19. The fourth-order valence-electron chi connectivity index (χ4n) is 1.63. The highest BCUT2D eigenvalue weighted by Crippen LogP contribution is 2.08. The zero-order valence-corrected chi connectivity index (χ0v) is 10.6. The second-order valence-electron chi connectivity index (χ2n) is 4.70. The van der Waals surface area contributed by atoms with Crippen LogP contribution in [0.1, 0.15) is 51.8 Å². The van der Waals surface area contributed by atoms with Crippen LogP contribution >= 0.6 is 0 Å². The monoisotopic (exact) mass is 221 g/mol. The summed E-state index contributed by atoms with van der Waals surface area (Å²) in [6, 6.07) is 0.299. The average Bonchev–Trinajstić information content (AvgIpc) is 2.29. The Hall–Kier alpha value is -0.960. The third-order valence-electron chi connectivity index (χ3n) is 2.69. The van der Waals surface area contributed by atoms with Crippen molar-refractivity contribution in [1.29, 1.82) is 0 Å². The quantitative estimate of drug-likeness (QED) is 0.719. The van der Waals surface area contributed by atoms with Gasteiger partial charge in [-0.25, -0.2) is 0 Å². The molecular weight excluding hydrogens is 198 g/mol. The summed E-state index contributed by atoms with van der Waals surface area (Å²) in [5, 5.41) is 3.47. The van der Waals surface area contributed by atoms with Crippen LogP contribution in [0.2, 0.25) is 0 Å². The number of aromatic nitrogens is 2. The Morgan fingerprint density at radius 1 is 1.19 bits per heavy atom. The molecule has 0 radical (unpaired) electrons. The van der Waals surface area contributed by atoms with Gasteiger partial charge in [-0.05, 0) is 25.8 Å². The van der Waals surface area contributed by atoms with Crippen LogP contribution in [0.4, 0.5) is 0 Å². The van der Waals surface area contributed by atoms with Crippen LogP contribution in [0.5, 0.6) is 0 Å². The SMILES string of the molecule is CC(C)CCCCNC(C)c1cnccn1. The molecule has 3 heteroatoms. The van der Waals surface area contributed by atoms with Crippen LogP contribution in [-0.4, -0.2) is 16.5 Å². The van der Waals surface area contributed by atoms with Crippen molar-refractivity contribution in [2.75, 3.05) is 6.54 Å². The molecular formula is C13H23N3. The lowest BCUT2D eigenvalue weighted by Crippen LogP contribution is -2.20. The summed E-state index contributed by atoms with van der Waals surface area (Å²) in [6.45, 7) is 7.74. The molecule has 0 fully saturated rings. The Morgan fingerprint density at radius 3 is 2.62 bits per heavy atom. The van der Waals surface area contributed by atoms with Gasteiger partial charge < -0.3 is 5.32 Å². The summed E-state index contributed by atoms with van der Waals surface area (Å²) in [5.74, 6) is 0.817. The Labute approximate surface area is 98.7 Å². The molecule has 0 saturated heterocycles. The Kier molecular flexibility index (Phi) is 6.01. The second kappa shape index (κ2) is 7.34. The van der Waals surface area contributed by atoms with Crippen molar-refractivity contribution in [3.05, 3.63) is 24.3 Å². The van der Waals surface area contributed by atoms with Crippen molar-refractivity contribution < 1.29 is 0 Å². The van der Waals surface area contributed by atoms with E-state index in [2.05, 4.69) is 36.1 Å². The topological polar surface area (TPSA) is 37.8 Å². The highest BCUT2D eigenvalue weighted by atomic mass is 14.9. The molecule has 90 valence electrons. The molecule has 16 heavy (non-hydrogen) atoms. The molecule has 0 saturated carbocycles. The molecule has 1 atom stereocenters. The predicted molar refractivity (Wildman–Crippen MR) is 67.1 cm³/mol. The second-order valence-corrected chi connectivity index (χ2v) is 4.70. The van der Waals surface area contributed by atoms with Crippen molar-refractivity contribution in [3.63, 3.8) is 0 Å². The van der Waals surface area contributed by atoms with E-state index in [0.29, 0.717) is 6.04 Å². The van der Waals surface area contributed by atoms with Gasteiger partial charge in [0.2, 0.25) is 0 Å². The number of hydrogen-bond donors (Lipinski definition) is 1. The van der Waals surface area contributed by atoms with E-state index in [1.807, 2.05) is 6.20 Å². The summed E-state index contributed by atoms with van der Waals surface area (Å²) >= 11 is 0. The largest absolute Gasteiger partial charge is 0.309 e. The zero-order chi connectivity index (χ0) is 11.8. The first-order chi connectivity index (χ1) is 7.70. The number of rotatable bonds is 7. The molecule has 0 spiro atoms. The van der Waals surface area contributed by atoms with Gasteiger partial charge in [-0.1, -0.05) is 26.7 Å². The minimum Gasteiger partial charge on any atom is -0.309 e. The fourth-order valence-corrected chi connectivity index (χ4v) is 1.63. The maximum atomic E-state index is 4.28. The first-order valence-electron chi connectivity index (χ1n) is 6.19. The molecule has 1 N–H and O–H groups in total. The molecule has 0 aliphatic heterocycles. The first kappa shape index (κ1) is 13.1. The Morgan fingerprint density at radius 2 is 2.00 bits per heavy atom. The maximum Gasteiger partial charge on any atom is 0.0753 e. The molecule has 3 nitrogen and oxygen atoms in total. The van der Waals surface area contributed by atoms with Gasteiger partial charge in [-0.3, -0.25) is 9.97 Å². The molecule has 1 aromatic rings. The van der Waals surface area contributed by atoms with Crippen molar-refractivity contribution in [3.8, 4) is 0 Å². The fraction of sp³-hybridized carbons (Fsp3) is 0.692. The van der Waals surface area contributed by atoms with Gasteiger partial charge in [0, 0.05) is 24.6 Å². The van der Waals surface area contributed by atoms with E-state index in [-0.39, 0.29) is 0 Å². The van der Waals surface area contributed by atoms with E-state index < -0.39 is 0 Å². The van der Waals surface area contributed by atoms with Gasteiger partial charge in [0.05, 0.1) is 5.69 Å². The van der Waals surface area contributed by atoms with Gasteiger partial charge in [0.1, 0.15) is 0 Å². The summed E-state index contributed by atoms with van der Waals surface area (Å²) in [4.78, 5) is 8.35. The van der Waals surface area contributed by atoms with Crippen LogP contribution in [0, 0.1) is 5.92 Å².